The summed E-state index contributed by atoms with van der Waals surface area (Å²) in [5.41, 5.74) is 1.79. The van der Waals surface area contributed by atoms with E-state index in [1.807, 2.05) is 12.1 Å². The zero-order chi connectivity index (χ0) is 17.3. The second-order valence-electron chi connectivity index (χ2n) is 5.64. The highest BCUT2D eigenvalue weighted by Crippen LogP contribution is 2.28. The molecule has 0 amide bonds. The van der Waals surface area contributed by atoms with E-state index < -0.39 is 22.0 Å². The van der Waals surface area contributed by atoms with Crippen LogP contribution in [-0.4, -0.2) is 36.4 Å². The second kappa shape index (κ2) is 6.55. The third-order valence-corrected chi connectivity index (χ3v) is 6.30. The van der Waals surface area contributed by atoms with Gasteiger partial charge in [-0.15, -0.1) is 0 Å². The number of carboxylic acids is 1. The molecule has 1 fully saturated rings. The van der Waals surface area contributed by atoms with Gasteiger partial charge in [-0.25, -0.2) is 8.42 Å². The molecule has 3 rings (SSSR count). The van der Waals surface area contributed by atoms with Gasteiger partial charge in [-0.3, -0.25) is 4.79 Å². The molecule has 5 nitrogen and oxygen atoms in total. The standard InChI is InChI=1S/C17H16ClNO4S/c18-14-7-3-12(4-8-14)13-5-9-15(10-6-13)24(22,23)19-11-1-2-16(19)17(20)21/h3-10,16H,1-2,11H2,(H,20,21)/t16-/m0/s1. The van der Waals surface area contributed by atoms with E-state index in [1.54, 1.807) is 24.3 Å². The van der Waals surface area contributed by atoms with Gasteiger partial charge in [0.1, 0.15) is 6.04 Å². The predicted octanol–water partition coefficient (Wildman–Crippen LogP) is 3.24. The summed E-state index contributed by atoms with van der Waals surface area (Å²) < 4.78 is 26.4. The normalized spacial score (nSPS) is 18.6. The van der Waals surface area contributed by atoms with E-state index in [0.717, 1.165) is 15.4 Å². The molecule has 1 aliphatic rings. The first-order valence-corrected chi connectivity index (χ1v) is 9.32. The van der Waals surface area contributed by atoms with Gasteiger partial charge in [0.2, 0.25) is 10.0 Å². The molecule has 0 unspecified atom stereocenters. The Morgan fingerprint density at radius 1 is 1.04 bits per heavy atom. The Hall–Kier alpha value is -1.89. The minimum Gasteiger partial charge on any atom is -0.480 e. The molecule has 7 heteroatoms. The molecular formula is C17H16ClNO4S. The van der Waals surface area contributed by atoms with Crippen molar-refractivity contribution in [2.45, 2.75) is 23.8 Å². The van der Waals surface area contributed by atoms with Gasteiger partial charge in [-0.05, 0) is 48.2 Å². The van der Waals surface area contributed by atoms with Crippen LogP contribution in [0.3, 0.4) is 0 Å². The molecule has 1 atom stereocenters. The van der Waals surface area contributed by atoms with E-state index >= 15 is 0 Å². The lowest BCUT2D eigenvalue weighted by Crippen LogP contribution is -2.40. The molecule has 1 aliphatic heterocycles. The Labute approximate surface area is 145 Å². The van der Waals surface area contributed by atoms with E-state index in [0.29, 0.717) is 17.9 Å². The van der Waals surface area contributed by atoms with Crippen molar-refractivity contribution in [2.75, 3.05) is 6.54 Å². The summed E-state index contributed by atoms with van der Waals surface area (Å²) in [6.07, 6.45) is 0.899. The van der Waals surface area contributed by atoms with Crippen molar-refractivity contribution in [3.8, 4) is 11.1 Å². The van der Waals surface area contributed by atoms with Crippen LogP contribution >= 0.6 is 11.6 Å². The fraction of sp³-hybridized carbons (Fsp3) is 0.235. The third-order valence-electron chi connectivity index (χ3n) is 4.13. The summed E-state index contributed by atoms with van der Waals surface area (Å²) in [4.78, 5) is 11.3. The van der Waals surface area contributed by atoms with Gasteiger partial charge in [0.25, 0.3) is 0 Å². The Kier molecular flexibility index (Phi) is 4.62. The van der Waals surface area contributed by atoms with E-state index in [4.69, 9.17) is 11.6 Å². The molecule has 1 saturated heterocycles. The number of rotatable bonds is 4. The molecule has 2 aromatic rings. The SMILES string of the molecule is O=C(O)[C@@H]1CCCN1S(=O)(=O)c1ccc(-c2ccc(Cl)cc2)cc1. The number of halogens is 1. The van der Waals surface area contributed by atoms with E-state index in [9.17, 15) is 18.3 Å². The Morgan fingerprint density at radius 2 is 1.58 bits per heavy atom. The quantitative estimate of drug-likeness (QED) is 0.902. The first-order valence-electron chi connectivity index (χ1n) is 7.50. The molecule has 126 valence electrons. The molecule has 0 bridgehead atoms. The first-order chi connectivity index (χ1) is 11.4. The van der Waals surface area contributed by atoms with Gasteiger partial charge in [0, 0.05) is 11.6 Å². The minimum absolute atomic E-state index is 0.105. The number of hydrogen-bond donors (Lipinski definition) is 1. The first kappa shape index (κ1) is 17.0. The van der Waals surface area contributed by atoms with Crippen molar-refractivity contribution >= 4 is 27.6 Å². The van der Waals surface area contributed by atoms with Crippen LogP contribution in [0.4, 0.5) is 0 Å². The number of carboxylic acid groups (broad SMARTS) is 1. The largest absolute Gasteiger partial charge is 0.480 e. The van der Waals surface area contributed by atoms with Gasteiger partial charge in [-0.2, -0.15) is 4.31 Å². The number of nitrogens with zero attached hydrogens (tertiary/aromatic N) is 1. The summed E-state index contributed by atoms with van der Waals surface area (Å²) in [6.45, 7) is 0.234. The van der Waals surface area contributed by atoms with E-state index in [2.05, 4.69) is 0 Å². The van der Waals surface area contributed by atoms with Crippen molar-refractivity contribution < 1.29 is 18.3 Å². The monoisotopic (exact) mass is 365 g/mol. The summed E-state index contributed by atoms with van der Waals surface area (Å²) in [7, 11) is -3.81. The van der Waals surface area contributed by atoms with Crippen LogP contribution in [0.15, 0.2) is 53.4 Å². The summed E-state index contributed by atoms with van der Waals surface area (Å²) >= 11 is 5.86. The fourth-order valence-corrected chi connectivity index (χ4v) is 4.65. The number of aliphatic carboxylic acids is 1. The molecule has 0 aliphatic carbocycles. The summed E-state index contributed by atoms with van der Waals surface area (Å²) in [5.74, 6) is -1.10. The Morgan fingerprint density at radius 3 is 2.12 bits per heavy atom. The lowest BCUT2D eigenvalue weighted by molar-refractivity contribution is -0.140. The molecule has 0 spiro atoms. The highest BCUT2D eigenvalue weighted by atomic mass is 35.5. The lowest BCUT2D eigenvalue weighted by atomic mass is 10.1. The molecule has 0 saturated carbocycles. The molecule has 0 radical (unpaired) electrons. The van der Waals surface area contributed by atoms with Crippen molar-refractivity contribution in [1.29, 1.82) is 0 Å². The van der Waals surface area contributed by atoms with Gasteiger partial charge < -0.3 is 5.11 Å². The van der Waals surface area contributed by atoms with Crippen molar-refractivity contribution in [3.05, 3.63) is 53.6 Å². The van der Waals surface area contributed by atoms with E-state index in [1.165, 1.54) is 12.1 Å². The van der Waals surface area contributed by atoms with Crippen molar-refractivity contribution in [3.63, 3.8) is 0 Å². The van der Waals surface area contributed by atoms with Gasteiger partial charge >= 0.3 is 5.97 Å². The number of sulfonamides is 1. The predicted molar refractivity (Wildman–Crippen MR) is 91.4 cm³/mol. The summed E-state index contributed by atoms with van der Waals surface area (Å²) in [5, 5.41) is 9.82. The second-order valence-corrected chi connectivity index (χ2v) is 7.97. The van der Waals surface area contributed by atoms with Crippen LogP contribution in [0.5, 0.6) is 0 Å². The average Bonchev–Trinajstić information content (AvgIpc) is 3.06. The van der Waals surface area contributed by atoms with Gasteiger partial charge in [-0.1, -0.05) is 35.9 Å². The minimum atomic E-state index is -3.81. The molecule has 1 N–H and O–H groups in total. The summed E-state index contributed by atoms with van der Waals surface area (Å²) in [6, 6.07) is 12.7. The average molecular weight is 366 g/mol. The Balaban J connectivity index is 1.89. The van der Waals surface area contributed by atoms with Crippen LogP contribution in [0, 0.1) is 0 Å². The zero-order valence-corrected chi connectivity index (χ0v) is 14.3. The highest BCUT2D eigenvalue weighted by molar-refractivity contribution is 7.89. The molecule has 1 heterocycles. The molecule has 0 aromatic heterocycles. The van der Waals surface area contributed by atoms with Crippen LogP contribution in [-0.2, 0) is 14.8 Å². The number of carbonyl (C=O) groups is 1. The van der Waals surface area contributed by atoms with Gasteiger partial charge in [0.15, 0.2) is 0 Å². The topological polar surface area (TPSA) is 74.7 Å². The number of hydrogen-bond acceptors (Lipinski definition) is 3. The van der Waals surface area contributed by atoms with E-state index in [-0.39, 0.29) is 11.4 Å². The molecule has 24 heavy (non-hydrogen) atoms. The fourth-order valence-electron chi connectivity index (χ4n) is 2.87. The third kappa shape index (κ3) is 3.17. The highest BCUT2D eigenvalue weighted by Gasteiger charge is 2.39. The van der Waals surface area contributed by atoms with Crippen molar-refractivity contribution in [2.24, 2.45) is 0 Å². The smallest absolute Gasteiger partial charge is 0.322 e. The van der Waals surface area contributed by atoms with Crippen LogP contribution in [0.1, 0.15) is 12.8 Å². The molecule has 2 aromatic carbocycles. The van der Waals surface area contributed by atoms with Crippen LogP contribution in [0.25, 0.3) is 11.1 Å². The number of benzene rings is 2. The lowest BCUT2D eigenvalue weighted by Gasteiger charge is -2.21. The maximum absolute atomic E-state index is 12.7. The van der Waals surface area contributed by atoms with Crippen LogP contribution < -0.4 is 0 Å². The maximum Gasteiger partial charge on any atom is 0.322 e. The zero-order valence-electron chi connectivity index (χ0n) is 12.7. The Bertz CT molecular complexity index is 847. The van der Waals surface area contributed by atoms with Crippen LogP contribution in [0.2, 0.25) is 5.02 Å². The maximum atomic E-state index is 12.7. The molecular weight excluding hydrogens is 350 g/mol. The van der Waals surface area contributed by atoms with Gasteiger partial charge in [0.05, 0.1) is 4.90 Å². The van der Waals surface area contributed by atoms with Crippen molar-refractivity contribution in [1.82, 2.24) is 4.31 Å².